The predicted molar refractivity (Wildman–Crippen MR) is 166 cm³/mol. The molecule has 234 valence electrons. The van der Waals surface area contributed by atoms with Crippen molar-refractivity contribution in [2.24, 2.45) is 11.3 Å². The number of likely N-dealkylation sites (tertiary alicyclic amines) is 1. The maximum atomic E-state index is 14.0. The first kappa shape index (κ1) is 30.7. The molecule has 4 N–H and O–H groups in total. The van der Waals surface area contributed by atoms with Crippen molar-refractivity contribution in [2.45, 2.75) is 62.8 Å². The molecular formula is C34H40FIN5O3-. The van der Waals surface area contributed by atoms with E-state index in [0.717, 1.165) is 27.6 Å². The summed E-state index contributed by atoms with van der Waals surface area (Å²) < 4.78 is 15.3. The Hall–Kier alpha value is -3.28. The number of amides is 2. The number of nitrogens with one attached hydrogen (secondary N) is 2. The Morgan fingerprint density at radius 2 is 1.89 bits per heavy atom. The van der Waals surface area contributed by atoms with Gasteiger partial charge in [0.25, 0.3) is 5.56 Å². The number of H-pyrrole nitrogens is 1. The van der Waals surface area contributed by atoms with Crippen LogP contribution in [-0.2, 0) is 22.6 Å². The topological polar surface area (TPSA) is 123 Å². The maximum absolute atomic E-state index is 14.0. The van der Waals surface area contributed by atoms with Crippen molar-refractivity contribution in [3.8, 4) is 0 Å². The van der Waals surface area contributed by atoms with Gasteiger partial charge < -0.3 is 4.98 Å². The third-order valence-electron chi connectivity index (χ3n) is 9.12. The zero-order valence-corrected chi connectivity index (χ0v) is 27.7. The minimum atomic E-state index is -0.489. The average Bonchev–Trinajstić information content (AvgIpc) is 3.82. The zero-order chi connectivity index (χ0) is 31.3. The van der Waals surface area contributed by atoms with Crippen LogP contribution in [0.4, 0.5) is 10.1 Å². The first-order valence-electron chi connectivity index (χ1n) is 15.3. The second-order valence-corrected chi connectivity index (χ2v) is 16.9. The molecule has 2 amide bonds. The number of pyridine rings is 1. The molecule has 2 aromatic carbocycles. The quantitative estimate of drug-likeness (QED) is 0.156. The number of halogens is 2. The standard InChI is InChI=1S/C34H40FIN5O3/c1-34(2,3)18-41-17-27-21(12-25(28-15-36-28)31(38)26(27)16-37)10-22(33(41)44)13-30(42)40-8-6-19(7-9-40)24-11-20-4-5-23(35)14-29(20)39-32(24)43/h4-5,11-12,14,16,19,22,28,37H,6-10,13,15,17-18,38H2,1-3H3,(H,39,43)/q-1. The fraction of sp³-hybridized carbons (Fsp3) is 0.471. The summed E-state index contributed by atoms with van der Waals surface area (Å²) in [6.45, 7) is 8.25. The van der Waals surface area contributed by atoms with Crippen LogP contribution in [0, 0.1) is 22.6 Å². The van der Waals surface area contributed by atoms with E-state index >= 15 is 0 Å². The molecule has 0 spiro atoms. The number of aromatic amines is 1. The van der Waals surface area contributed by atoms with Gasteiger partial charge in [0.2, 0.25) is 0 Å². The number of rotatable bonds is 6. The van der Waals surface area contributed by atoms with E-state index in [4.69, 9.17) is 11.1 Å². The van der Waals surface area contributed by atoms with Crippen molar-refractivity contribution >= 4 is 34.6 Å². The molecule has 0 bridgehead atoms. The van der Waals surface area contributed by atoms with E-state index in [-0.39, 0.29) is 56.3 Å². The second kappa shape index (κ2) is 11.9. The molecule has 8 nitrogen and oxygen atoms in total. The van der Waals surface area contributed by atoms with Crippen molar-refractivity contribution < 1.29 is 35.2 Å². The monoisotopic (exact) mass is 712 g/mol. The summed E-state index contributed by atoms with van der Waals surface area (Å²) in [7, 11) is 0. The summed E-state index contributed by atoms with van der Waals surface area (Å²) in [5.41, 5.74) is 11.9. The summed E-state index contributed by atoms with van der Waals surface area (Å²) >= 11 is 0.104. The Kier molecular flexibility index (Phi) is 8.32. The number of fused-ring (bicyclic) bond motifs is 2. The number of piperidine rings is 1. The van der Waals surface area contributed by atoms with Crippen molar-refractivity contribution in [2.75, 3.05) is 29.8 Å². The molecule has 3 aromatic rings. The van der Waals surface area contributed by atoms with Gasteiger partial charge in [-0.1, -0.05) is 0 Å². The van der Waals surface area contributed by atoms with Crippen LogP contribution in [0.5, 0.6) is 0 Å². The zero-order valence-electron chi connectivity index (χ0n) is 25.5. The molecule has 1 aromatic heterocycles. The van der Waals surface area contributed by atoms with Gasteiger partial charge >= 0.3 is 202 Å². The number of hydrogen-bond donors (Lipinski definition) is 3. The Morgan fingerprint density at radius 1 is 1.16 bits per heavy atom. The number of anilines is 1. The van der Waals surface area contributed by atoms with Crippen LogP contribution in [0.25, 0.3) is 10.9 Å². The van der Waals surface area contributed by atoms with E-state index in [9.17, 15) is 18.8 Å². The van der Waals surface area contributed by atoms with E-state index in [2.05, 4.69) is 31.8 Å². The van der Waals surface area contributed by atoms with Crippen molar-refractivity contribution in [3.63, 3.8) is 0 Å². The molecule has 0 aliphatic carbocycles. The number of nitrogen functional groups attached to an aromatic ring is 1. The third kappa shape index (κ3) is 6.27. The Labute approximate surface area is 267 Å². The fourth-order valence-corrected chi connectivity index (χ4v) is 8.58. The minimum absolute atomic E-state index is 0.000390. The van der Waals surface area contributed by atoms with E-state index in [1.165, 1.54) is 22.8 Å². The van der Waals surface area contributed by atoms with E-state index in [1.54, 1.807) is 6.07 Å². The van der Waals surface area contributed by atoms with Gasteiger partial charge in [0.05, 0.1) is 5.52 Å². The van der Waals surface area contributed by atoms with Crippen LogP contribution in [0.3, 0.4) is 0 Å². The number of nitrogens with zero attached hydrogens (tertiary/aromatic N) is 2. The molecule has 2 unspecified atom stereocenters. The van der Waals surface area contributed by atoms with Crippen LogP contribution < -0.4 is 32.5 Å². The third-order valence-corrected chi connectivity index (χ3v) is 11.6. The Balaban J connectivity index is 1.21. The van der Waals surface area contributed by atoms with Gasteiger partial charge in [0, 0.05) is 5.56 Å². The van der Waals surface area contributed by atoms with Gasteiger partial charge in [0.15, 0.2) is 0 Å². The van der Waals surface area contributed by atoms with Crippen molar-refractivity contribution in [3.05, 3.63) is 74.3 Å². The molecule has 6 rings (SSSR count). The van der Waals surface area contributed by atoms with Gasteiger partial charge in [-0.05, 0) is 29.7 Å². The number of alkyl halides is 2. The van der Waals surface area contributed by atoms with E-state index in [1.807, 2.05) is 15.9 Å². The molecule has 2 fully saturated rings. The van der Waals surface area contributed by atoms with Crippen LogP contribution in [0.15, 0.2) is 35.1 Å². The molecular weight excluding hydrogens is 672 g/mol. The summed E-state index contributed by atoms with van der Waals surface area (Å²) in [4.78, 5) is 47.1. The summed E-state index contributed by atoms with van der Waals surface area (Å²) in [5, 5.41) is 8.97. The number of carbonyl (C=O) groups is 2. The molecule has 4 heterocycles. The van der Waals surface area contributed by atoms with Crippen LogP contribution in [-0.4, -0.2) is 56.9 Å². The number of nitrogens with two attached hydrogens (primary N) is 1. The SMILES string of the molecule is CC(C)(C)CN1Cc2c(cc(C3C[I-]3)c(N)c2C=N)CC(CC(=O)N2CCC(c3cc4ccc(F)cc4[nH]c3=O)CC2)C1=O. The number of benzene rings is 2. The van der Waals surface area contributed by atoms with Gasteiger partial charge in [0.1, 0.15) is 5.82 Å². The molecule has 3 aliphatic rings. The normalized spacial score (nSPS) is 21.0. The fourth-order valence-electron chi connectivity index (χ4n) is 6.87. The van der Waals surface area contributed by atoms with Crippen LogP contribution in [0.2, 0.25) is 0 Å². The average molecular weight is 713 g/mol. The first-order valence-corrected chi connectivity index (χ1v) is 18.1. The van der Waals surface area contributed by atoms with Crippen molar-refractivity contribution in [1.82, 2.24) is 14.8 Å². The first-order chi connectivity index (χ1) is 20.9. The van der Waals surface area contributed by atoms with Gasteiger partial charge in [-0.2, -0.15) is 0 Å². The van der Waals surface area contributed by atoms with E-state index < -0.39 is 11.7 Å². The van der Waals surface area contributed by atoms with Crippen molar-refractivity contribution in [1.29, 1.82) is 5.41 Å². The Morgan fingerprint density at radius 3 is 2.55 bits per heavy atom. The van der Waals surface area contributed by atoms with Gasteiger partial charge in [-0.25, -0.2) is 4.39 Å². The summed E-state index contributed by atoms with van der Waals surface area (Å²) in [5.74, 6) is -0.946. The van der Waals surface area contributed by atoms with Crippen LogP contribution in [0.1, 0.15) is 77.7 Å². The number of aromatic nitrogens is 1. The van der Waals surface area contributed by atoms with Gasteiger partial charge in [-0.15, -0.1) is 0 Å². The molecule has 2 atom stereocenters. The molecule has 10 heteroatoms. The summed E-state index contributed by atoms with van der Waals surface area (Å²) in [6.07, 6.45) is 3.22. The molecule has 2 saturated heterocycles. The molecule has 3 aliphatic heterocycles. The molecule has 44 heavy (non-hydrogen) atoms. The molecule has 0 saturated carbocycles. The Bertz CT molecular complexity index is 1700. The van der Waals surface area contributed by atoms with Crippen LogP contribution >= 0.6 is 0 Å². The molecule has 0 radical (unpaired) electrons. The van der Waals surface area contributed by atoms with E-state index in [0.29, 0.717) is 66.1 Å². The predicted octanol–water partition coefficient (Wildman–Crippen LogP) is 1.73. The number of carbonyl (C=O) groups excluding carboxylic acids is 2. The number of hydrogen-bond acceptors (Lipinski definition) is 5. The van der Waals surface area contributed by atoms with Gasteiger partial charge in [-0.3, -0.25) is 4.79 Å². The summed E-state index contributed by atoms with van der Waals surface area (Å²) in [6, 6.07) is 8.39. The second-order valence-electron chi connectivity index (χ2n) is 13.7.